The SMILES string of the molecule is CC(C)(F)C1CCCNCC1. The lowest BCUT2D eigenvalue weighted by Crippen LogP contribution is -2.26. The highest BCUT2D eigenvalue weighted by molar-refractivity contribution is 4.80. The van der Waals surface area contributed by atoms with Gasteiger partial charge in [0, 0.05) is 0 Å². The van der Waals surface area contributed by atoms with Gasteiger partial charge < -0.3 is 5.32 Å². The maximum Gasteiger partial charge on any atom is 0.108 e. The second-order valence-corrected chi connectivity index (χ2v) is 3.94. The lowest BCUT2D eigenvalue weighted by molar-refractivity contribution is 0.114. The van der Waals surface area contributed by atoms with Gasteiger partial charge in [0.25, 0.3) is 0 Å². The molecule has 1 heterocycles. The van der Waals surface area contributed by atoms with Gasteiger partial charge in [0.05, 0.1) is 0 Å². The molecule has 11 heavy (non-hydrogen) atoms. The van der Waals surface area contributed by atoms with Crippen LogP contribution in [-0.2, 0) is 0 Å². The lowest BCUT2D eigenvalue weighted by atomic mass is 9.87. The first-order valence-electron chi connectivity index (χ1n) is 4.50. The van der Waals surface area contributed by atoms with Crippen LogP contribution in [0.1, 0.15) is 33.1 Å². The highest BCUT2D eigenvalue weighted by Gasteiger charge is 2.28. The largest absolute Gasteiger partial charge is 0.317 e. The van der Waals surface area contributed by atoms with Crippen LogP contribution in [0.5, 0.6) is 0 Å². The predicted octanol–water partition coefficient (Wildman–Crippen LogP) is 2.12. The number of nitrogens with one attached hydrogen (secondary N) is 1. The van der Waals surface area contributed by atoms with Crippen LogP contribution in [0, 0.1) is 5.92 Å². The summed E-state index contributed by atoms with van der Waals surface area (Å²) in [5, 5.41) is 3.28. The van der Waals surface area contributed by atoms with Crippen molar-refractivity contribution in [2.45, 2.75) is 38.8 Å². The maximum absolute atomic E-state index is 13.4. The van der Waals surface area contributed by atoms with Crippen LogP contribution >= 0.6 is 0 Å². The summed E-state index contributed by atoms with van der Waals surface area (Å²) in [4.78, 5) is 0. The van der Waals surface area contributed by atoms with E-state index in [2.05, 4.69) is 5.32 Å². The van der Waals surface area contributed by atoms with Crippen molar-refractivity contribution in [3.8, 4) is 0 Å². The molecule has 0 aromatic carbocycles. The Morgan fingerprint density at radius 3 is 2.64 bits per heavy atom. The van der Waals surface area contributed by atoms with Crippen LogP contribution in [0.25, 0.3) is 0 Å². The van der Waals surface area contributed by atoms with Crippen molar-refractivity contribution in [1.29, 1.82) is 0 Å². The zero-order chi connectivity index (χ0) is 8.32. The van der Waals surface area contributed by atoms with Gasteiger partial charge in [0.2, 0.25) is 0 Å². The molecule has 1 saturated heterocycles. The van der Waals surface area contributed by atoms with E-state index in [1.807, 2.05) is 0 Å². The third-order valence-electron chi connectivity index (χ3n) is 2.55. The van der Waals surface area contributed by atoms with Crippen molar-refractivity contribution in [2.75, 3.05) is 13.1 Å². The summed E-state index contributed by atoms with van der Waals surface area (Å²) >= 11 is 0. The number of hydrogen-bond donors (Lipinski definition) is 1. The van der Waals surface area contributed by atoms with E-state index in [4.69, 9.17) is 0 Å². The van der Waals surface area contributed by atoms with Crippen LogP contribution in [-0.4, -0.2) is 18.8 Å². The van der Waals surface area contributed by atoms with Crippen LogP contribution in [0.4, 0.5) is 4.39 Å². The van der Waals surface area contributed by atoms with Crippen LogP contribution < -0.4 is 5.32 Å². The van der Waals surface area contributed by atoms with Gasteiger partial charge in [-0.3, -0.25) is 0 Å². The molecule has 0 saturated carbocycles. The third-order valence-corrected chi connectivity index (χ3v) is 2.55. The molecule has 1 unspecified atom stereocenters. The fourth-order valence-corrected chi connectivity index (χ4v) is 1.71. The van der Waals surface area contributed by atoms with Gasteiger partial charge in [0.1, 0.15) is 5.67 Å². The molecule has 0 aromatic rings. The van der Waals surface area contributed by atoms with E-state index in [-0.39, 0.29) is 5.92 Å². The molecular formula is C9H18FN. The minimum absolute atomic E-state index is 0.262. The molecule has 0 radical (unpaired) electrons. The van der Waals surface area contributed by atoms with Gasteiger partial charge in [0.15, 0.2) is 0 Å². The fourth-order valence-electron chi connectivity index (χ4n) is 1.71. The summed E-state index contributed by atoms with van der Waals surface area (Å²) in [6, 6.07) is 0. The molecule has 0 aromatic heterocycles. The molecule has 1 atom stereocenters. The molecule has 0 aliphatic carbocycles. The van der Waals surface area contributed by atoms with Crippen LogP contribution in [0.3, 0.4) is 0 Å². The van der Waals surface area contributed by atoms with E-state index in [1.165, 1.54) is 0 Å². The summed E-state index contributed by atoms with van der Waals surface area (Å²) in [5.41, 5.74) is -0.980. The van der Waals surface area contributed by atoms with Gasteiger partial charge in [-0.05, 0) is 52.1 Å². The minimum atomic E-state index is -0.980. The van der Waals surface area contributed by atoms with E-state index in [9.17, 15) is 4.39 Å². The smallest absolute Gasteiger partial charge is 0.108 e. The van der Waals surface area contributed by atoms with Crippen molar-refractivity contribution >= 4 is 0 Å². The molecule has 1 aliphatic rings. The van der Waals surface area contributed by atoms with Crippen molar-refractivity contribution in [1.82, 2.24) is 5.32 Å². The summed E-state index contributed by atoms with van der Waals surface area (Å²) in [6.45, 7) is 5.44. The Morgan fingerprint density at radius 1 is 1.27 bits per heavy atom. The van der Waals surface area contributed by atoms with Crippen LogP contribution in [0.15, 0.2) is 0 Å². The Labute approximate surface area is 68.4 Å². The Balaban J connectivity index is 2.43. The topological polar surface area (TPSA) is 12.0 Å². The standard InChI is InChI=1S/C9H18FN/c1-9(2,10)8-4-3-6-11-7-5-8/h8,11H,3-7H2,1-2H3. The van der Waals surface area contributed by atoms with Gasteiger partial charge in [-0.2, -0.15) is 0 Å². The van der Waals surface area contributed by atoms with E-state index in [1.54, 1.807) is 13.8 Å². The number of alkyl halides is 1. The molecule has 1 fully saturated rings. The number of rotatable bonds is 1. The predicted molar refractivity (Wildman–Crippen MR) is 45.4 cm³/mol. The average molecular weight is 159 g/mol. The van der Waals surface area contributed by atoms with Crippen molar-refractivity contribution < 1.29 is 4.39 Å². The van der Waals surface area contributed by atoms with Gasteiger partial charge in [-0.15, -0.1) is 0 Å². The molecule has 1 N–H and O–H groups in total. The molecule has 0 amide bonds. The molecule has 66 valence electrons. The van der Waals surface area contributed by atoms with Gasteiger partial charge in [-0.1, -0.05) is 0 Å². The summed E-state index contributed by atoms with van der Waals surface area (Å²) in [6.07, 6.45) is 3.15. The Hall–Kier alpha value is -0.110. The molecule has 2 heteroatoms. The highest BCUT2D eigenvalue weighted by Crippen LogP contribution is 2.29. The van der Waals surface area contributed by atoms with Gasteiger partial charge >= 0.3 is 0 Å². The second-order valence-electron chi connectivity index (χ2n) is 3.94. The Bertz CT molecular complexity index is 109. The van der Waals surface area contributed by atoms with Crippen LogP contribution in [0.2, 0.25) is 0 Å². The normalized spacial score (nSPS) is 28.1. The molecule has 1 rings (SSSR count). The van der Waals surface area contributed by atoms with E-state index in [0.29, 0.717) is 0 Å². The zero-order valence-electron chi connectivity index (χ0n) is 7.49. The first-order chi connectivity index (χ1) is 5.11. The third kappa shape index (κ3) is 2.78. The Kier molecular flexibility index (Phi) is 2.88. The molecular weight excluding hydrogens is 141 g/mol. The second kappa shape index (κ2) is 3.53. The summed E-state index contributed by atoms with van der Waals surface area (Å²) < 4.78 is 13.4. The Morgan fingerprint density at radius 2 is 2.00 bits per heavy atom. The van der Waals surface area contributed by atoms with Crippen molar-refractivity contribution in [3.63, 3.8) is 0 Å². The molecule has 1 aliphatic heterocycles. The molecule has 0 spiro atoms. The first-order valence-corrected chi connectivity index (χ1v) is 4.50. The minimum Gasteiger partial charge on any atom is -0.317 e. The fraction of sp³-hybridized carbons (Fsp3) is 1.00. The lowest BCUT2D eigenvalue weighted by Gasteiger charge is -2.25. The van der Waals surface area contributed by atoms with Crippen molar-refractivity contribution in [3.05, 3.63) is 0 Å². The monoisotopic (exact) mass is 159 g/mol. The molecule has 1 nitrogen and oxygen atoms in total. The highest BCUT2D eigenvalue weighted by atomic mass is 19.1. The summed E-state index contributed by atoms with van der Waals surface area (Å²) in [7, 11) is 0. The quantitative estimate of drug-likeness (QED) is 0.618. The van der Waals surface area contributed by atoms with E-state index < -0.39 is 5.67 Å². The maximum atomic E-state index is 13.4. The van der Waals surface area contributed by atoms with E-state index >= 15 is 0 Å². The number of hydrogen-bond acceptors (Lipinski definition) is 1. The molecule has 0 bridgehead atoms. The average Bonchev–Trinajstić information content (AvgIpc) is 2.10. The first kappa shape index (κ1) is 8.98. The van der Waals surface area contributed by atoms with Crippen molar-refractivity contribution in [2.24, 2.45) is 5.92 Å². The van der Waals surface area contributed by atoms with Gasteiger partial charge in [-0.25, -0.2) is 4.39 Å². The number of halogens is 1. The summed E-state index contributed by atoms with van der Waals surface area (Å²) in [5.74, 6) is 0.262. The van der Waals surface area contributed by atoms with E-state index in [0.717, 1.165) is 32.4 Å². The zero-order valence-corrected chi connectivity index (χ0v) is 7.49.